The molecular formula is C24H30Cl2FN3O4S. The summed E-state index contributed by atoms with van der Waals surface area (Å²) in [6.45, 7) is 3.44. The summed E-state index contributed by atoms with van der Waals surface area (Å²) in [5.74, 6) is -1.67. The first-order valence-electron chi connectivity index (χ1n) is 11.2. The Kier molecular flexibility index (Phi) is 10.8. The highest BCUT2D eigenvalue weighted by Crippen LogP contribution is 2.27. The summed E-state index contributed by atoms with van der Waals surface area (Å²) >= 11 is 12.7. The molecule has 35 heavy (non-hydrogen) atoms. The number of carbonyl (C=O) groups is 2. The van der Waals surface area contributed by atoms with Gasteiger partial charge >= 0.3 is 0 Å². The zero-order valence-electron chi connectivity index (χ0n) is 19.9. The second-order valence-corrected chi connectivity index (χ2v) is 10.8. The van der Waals surface area contributed by atoms with E-state index in [-0.39, 0.29) is 24.6 Å². The van der Waals surface area contributed by atoms with Gasteiger partial charge in [0, 0.05) is 28.7 Å². The van der Waals surface area contributed by atoms with Crippen molar-refractivity contribution in [2.75, 3.05) is 23.7 Å². The highest BCUT2D eigenvalue weighted by Gasteiger charge is 2.32. The van der Waals surface area contributed by atoms with E-state index < -0.39 is 34.3 Å². The van der Waals surface area contributed by atoms with Crippen LogP contribution in [0.4, 0.5) is 10.1 Å². The van der Waals surface area contributed by atoms with E-state index in [1.54, 1.807) is 25.1 Å². The van der Waals surface area contributed by atoms with Crippen LogP contribution in [0, 0.1) is 5.82 Å². The monoisotopic (exact) mass is 545 g/mol. The molecule has 1 unspecified atom stereocenters. The van der Waals surface area contributed by atoms with E-state index >= 15 is 0 Å². The van der Waals surface area contributed by atoms with Gasteiger partial charge in [-0.25, -0.2) is 12.8 Å². The van der Waals surface area contributed by atoms with Gasteiger partial charge < -0.3 is 10.2 Å². The molecule has 0 aliphatic rings. The molecule has 0 heterocycles. The van der Waals surface area contributed by atoms with Crippen molar-refractivity contribution < 1.29 is 22.4 Å². The van der Waals surface area contributed by atoms with Gasteiger partial charge in [-0.15, -0.1) is 0 Å². The molecule has 0 fully saturated rings. The normalized spacial score (nSPS) is 12.2. The Hall–Kier alpha value is -2.36. The maximum Gasteiger partial charge on any atom is 0.244 e. The van der Waals surface area contributed by atoms with Gasteiger partial charge in [-0.2, -0.15) is 0 Å². The Morgan fingerprint density at radius 2 is 1.71 bits per heavy atom. The fourth-order valence-corrected chi connectivity index (χ4v) is 4.88. The second-order valence-electron chi connectivity index (χ2n) is 8.04. The summed E-state index contributed by atoms with van der Waals surface area (Å²) in [5.41, 5.74) is 0.428. The molecule has 0 spiro atoms. The number of carbonyl (C=O) groups excluding carboxylic acids is 2. The molecule has 11 heteroatoms. The molecule has 0 radical (unpaired) electrons. The molecule has 2 aromatic rings. The molecule has 0 saturated carbocycles. The van der Waals surface area contributed by atoms with Crippen molar-refractivity contribution in [3.63, 3.8) is 0 Å². The first kappa shape index (κ1) is 28.9. The van der Waals surface area contributed by atoms with E-state index in [0.29, 0.717) is 22.2 Å². The number of halogens is 3. The Morgan fingerprint density at radius 1 is 1.09 bits per heavy atom. The van der Waals surface area contributed by atoms with Crippen molar-refractivity contribution in [1.29, 1.82) is 0 Å². The summed E-state index contributed by atoms with van der Waals surface area (Å²) in [6, 6.07) is 8.92. The van der Waals surface area contributed by atoms with Crippen molar-refractivity contribution >= 4 is 50.7 Å². The van der Waals surface area contributed by atoms with E-state index in [2.05, 4.69) is 5.32 Å². The first-order valence-corrected chi connectivity index (χ1v) is 13.8. The van der Waals surface area contributed by atoms with Crippen LogP contribution in [0.1, 0.15) is 38.7 Å². The van der Waals surface area contributed by atoms with Gasteiger partial charge in [0.2, 0.25) is 21.8 Å². The molecule has 0 aliphatic carbocycles. The van der Waals surface area contributed by atoms with Gasteiger partial charge in [-0.3, -0.25) is 13.9 Å². The zero-order valence-corrected chi connectivity index (χ0v) is 22.3. The van der Waals surface area contributed by atoms with Crippen molar-refractivity contribution in [3.8, 4) is 0 Å². The number of amides is 2. The molecule has 2 aromatic carbocycles. The minimum absolute atomic E-state index is 0.00276. The second kappa shape index (κ2) is 13.1. The van der Waals surface area contributed by atoms with Crippen LogP contribution >= 0.6 is 23.2 Å². The van der Waals surface area contributed by atoms with Crippen LogP contribution in [0.2, 0.25) is 10.0 Å². The Labute approximate surface area is 216 Å². The van der Waals surface area contributed by atoms with Crippen LogP contribution in [0.5, 0.6) is 0 Å². The standard InChI is InChI=1S/C24H30Cl2FN3O4S/c1-4-6-13-28-24(32)22(5-2)29(15-19-20(25)11-8-12-21(19)26)23(31)16-30(35(3,33)34)18-10-7-9-17(27)14-18/h7-12,14,22H,4-6,13,15-16H2,1-3H3,(H,28,32). The average Bonchev–Trinajstić information content (AvgIpc) is 2.78. The minimum atomic E-state index is -3.96. The predicted octanol–water partition coefficient (Wildman–Crippen LogP) is 4.62. The lowest BCUT2D eigenvalue weighted by atomic mass is 10.1. The number of nitrogens with one attached hydrogen (secondary N) is 1. The third-order valence-corrected chi connectivity index (χ3v) is 7.23. The predicted molar refractivity (Wildman–Crippen MR) is 138 cm³/mol. The molecule has 1 N–H and O–H groups in total. The Morgan fingerprint density at radius 3 is 2.26 bits per heavy atom. The average molecular weight is 546 g/mol. The Bertz CT molecular complexity index is 1130. The number of benzene rings is 2. The van der Waals surface area contributed by atoms with Gasteiger partial charge in [0.25, 0.3) is 0 Å². The van der Waals surface area contributed by atoms with Crippen LogP contribution in [-0.2, 0) is 26.2 Å². The first-order chi connectivity index (χ1) is 16.5. The van der Waals surface area contributed by atoms with Gasteiger partial charge in [0.05, 0.1) is 11.9 Å². The maximum atomic E-state index is 13.8. The molecule has 2 rings (SSSR count). The van der Waals surface area contributed by atoms with Crippen LogP contribution in [-0.4, -0.2) is 50.5 Å². The Balaban J connectivity index is 2.46. The number of hydrogen-bond donors (Lipinski definition) is 1. The van der Waals surface area contributed by atoms with E-state index in [0.717, 1.165) is 29.5 Å². The zero-order chi connectivity index (χ0) is 26.2. The third-order valence-electron chi connectivity index (χ3n) is 5.38. The summed E-state index contributed by atoms with van der Waals surface area (Å²) in [4.78, 5) is 27.8. The SMILES string of the molecule is CCCCNC(=O)C(CC)N(Cc1c(Cl)cccc1Cl)C(=O)CN(c1cccc(F)c1)S(C)(=O)=O. The van der Waals surface area contributed by atoms with E-state index in [1.807, 2.05) is 6.92 Å². The molecule has 0 aliphatic heterocycles. The van der Waals surface area contributed by atoms with Crippen molar-refractivity contribution in [1.82, 2.24) is 10.2 Å². The van der Waals surface area contributed by atoms with Crippen molar-refractivity contribution in [2.45, 2.75) is 45.7 Å². The molecule has 7 nitrogen and oxygen atoms in total. The van der Waals surface area contributed by atoms with E-state index in [1.165, 1.54) is 23.1 Å². The number of unbranched alkanes of at least 4 members (excludes halogenated alkanes) is 1. The quantitative estimate of drug-likeness (QED) is 0.394. The lowest BCUT2D eigenvalue weighted by Crippen LogP contribution is -2.52. The molecule has 1 atom stereocenters. The summed E-state index contributed by atoms with van der Waals surface area (Å²) in [6.07, 6.45) is 2.85. The largest absolute Gasteiger partial charge is 0.354 e. The molecular weight excluding hydrogens is 516 g/mol. The number of anilines is 1. The van der Waals surface area contributed by atoms with Gasteiger partial charge in [0.15, 0.2) is 0 Å². The molecule has 0 saturated heterocycles. The topological polar surface area (TPSA) is 86.8 Å². The fraction of sp³-hybridized carbons (Fsp3) is 0.417. The summed E-state index contributed by atoms with van der Waals surface area (Å²) < 4.78 is 39.7. The molecule has 192 valence electrons. The summed E-state index contributed by atoms with van der Waals surface area (Å²) in [5, 5.41) is 3.44. The maximum absolute atomic E-state index is 13.8. The lowest BCUT2D eigenvalue weighted by molar-refractivity contribution is -0.140. The van der Waals surface area contributed by atoms with Gasteiger partial charge in [0.1, 0.15) is 18.4 Å². The van der Waals surface area contributed by atoms with Crippen LogP contribution in [0.15, 0.2) is 42.5 Å². The van der Waals surface area contributed by atoms with Crippen molar-refractivity contribution in [3.05, 3.63) is 63.9 Å². The highest BCUT2D eigenvalue weighted by atomic mass is 35.5. The number of nitrogens with zero attached hydrogens (tertiary/aromatic N) is 2. The highest BCUT2D eigenvalue weighted by molar-refractivity contribution is 7.92. The van der Waals surface area contributed by atoms with Crippen molar-refractivity contribution in [2.24, 2.45) is 0 Å². The van der Waals surface area contributed by atoms with Gasteiger partial charge in [-0.1, -0.05) is 55.6 Å². The fourth-order valence-electron chi connectivity index (χ4n) is 3.52. The molecule has 2 amide bonds. The van der Waals surface area contributed by atoms with Crippen LogP contribution < -0.4 is 9.62 Å². The minimum Gasteiger partial charge on any atom is -0.354 e. The lowest BCUT2D eigenvalue weighted by Gasteiger charge is -2.33. The molecule has 0 aromatic heterocycles. The third kappa shape index (κ3) is 8.08. The van der Waals surface area contributed by atoms with Crippen LogP contribution in [0.3, 0.4) is 0 Å². The summed E-state index contributed by atoms with van der Waals surface area (Å²) in [7, 11) is -3.96. The number of rotatable bonds is 12. The number of sulfonamides is 1. The van der Waals surface area contributed by atoms with E-state index in [4.69, 9.17) is 23.2 Å². The smallest absolute Gasteiger partial charge is 0.244 e. The number of hydrogen-bond acceptors (Lipinski definition) is 4. The van der Waals surface area contributed by atoms with Crippen LogP contribution in [0.25, 0.3) is 0 Å². The van der Waals surface area contributed by atoms with Gasteiger partial charge in [-0.05, 0) is 43.2 Å². The molecule has 0 bridgehead atoms. The van der Waals surface area contributed by atoms with E-state index in [9.17, 15) is 22.4 Å².